The highest BCUT2D eigenvalue weighted by molar-refractivity contribution is 14.1. The molecule has 2 atom stereocenters. The van der Waals surface area contributed by atoms with Crippen molar-refractivity contribution < 1.29 is 0 Å². The Bertz CT molecular complexity index is 142. The molecule has 0 bridgehead atoms. The molecule has 0 N–H and O–H groups in total. The third-order valence-electron chi connectivity index (χ3n) is 2.80. The molecule has 0 aliphatic rings. The van der Waals surface area contributed by atoms with Gasteiger partial charge in [-0.3, -0.25) is 0 Å². The van der Waals surface area contributed by atoms with Crippen LogP contribution in [-0.2, 0) is 0 Å². The Hall–Kier alpha value is 1.69. The molecule has 0 spiro atoms. The van der Waals surface area contributed by atoms with Gasteiger partial charge in [0.1, 0.15) is 0 Å². The van der Waals surface area contributed by atoms with Crippen molar-refractivity contribution in [1.82, 2.24) is 0 Å². The molecule has 0 saturated carbocycles. The summed E-state index contributed by atoms with van der Waals surface area (Å²) < 4.78 is 0.854. The molecular weight excluding hydrogens is 443 g/mol. The Labute approximate surface area is 132 Å². The molecule has 0 nitrogen and oxygen atoms in total. The molecule has 0 aromatic rings. The van der Waals surface area contributed by atoms with E-state index in [1.807, 2.05) is 0 Å². The summed E-state index contributed by atoms with van der Waals surface area (Å²) in [6.45, 7) is 2.28. The average molecular weight is 468 g/mol. The first-order valence-electron chi connectivity index (χ1n) is 6.54. The lowest BCUT2D eigenvalue weighted by Gasteiger charge is -2.13. The second-order valence-corrected chi connectivity index (χ2v) is 8.31. The molecule has 0 amide bonds. The largest absolute Gasteiger partial charge is 0.0928 e. The summed E-state index contributed by atoms with van der Waals surface area (Å²) in [6.07, 6.45) is 12.5. The van der Waals surface area contributed by atoms with Crippen LogP contribution in [0.4, 0.5) is 0 Å². The highest BCUT2D eigenvalue weighted by atomic mass is 127. The molecule has 16 heavy (non-hydrogen) atoms. The van der Waals surface area contributed by atoms with E-state index in [2.05, 4.69) is 61.4 Å². The van der Waals surface area contributed by atoms with E-state index in [0.29, 0.717) is 4.83 Å². The van der Waals surface area contributed by atoms with Crippen molar-refractivity contribution in [2.75, 3.05) is 5.33 Å². The molecule has 0 aromatic heterocycles. The SMILES string of the molecule is CCCCCCCCC(I)CC(Br)CCBr. The van der Waals surface area contributed by atoms with E-state index in [-0.39, 0.29) is 0 Å². The van der Waals surface area contributed by atoms with Gasteiger partial charge in [-0.05, 0) is 19.3 Å². The van der Waals surface area contributed by atoms with E-state index in [4.69, 9.17) is 0 Å². The van der Waals surface area contributed by atoms with Gasteiger partial charge in [-0.15, -0.1) is 0 Å². The highest BCUT2D eigenvalue weighted by Crippen LogP contribution is 2.23. The van der Waals surface area contributed by atoms with Crippen LogP contribution < -0.4 is 0 Å². The van der Waals surface area contributed by atoms with Crippen molar-refractivity contribution in [3.05, 3.63) is 0 Å². The summed E-state index contributed by atoms with van der Waals surface area (Å²) in [6, 6.07) is 0. The summed E-state index contributed by atoms with van der Waals surface area (Å²) in [4.78, 5) is 0.703. The van der Waals surface area contributed by atoms with Crippen LogP contribution in [0.5, 0.6) is 0 Å². The lowest BCUT2D eigenvalue weighted by atomic mass is 10.1. The minimum absolute atomic E-state index is 0.703. The lowest BCUT2D eigenvalue weighted by molar-refractivity contribution is 0.574. The first kappa shape index (κ1) is 17.7. The molecule has 0 heterocycles. The number of hydrogen-bond acceptors (Lipinski definition) is 0. The Morgan fingerprint density at radius 1 is 1.00 bits per heavy atom. The summed E-state index contributed by atoms with van der Waals surface area (Å²) in [5, 5.41) is 1.11. The van der Waals surface area contributed by atoms with Gasteiger partial charge >= 0.3 is 0 Å². The van der Waals surface area contributed by atoms with Crippen LogP contribution in [0.3, 0.4) is 0 Å². The van der Waals surface area contributed by atoms with E-state index in [0.717, 1.165) is 9.25 Å². The Morgan fingerprint density at radius 2 is 1.62 bits per heavy atom. The second kappa shape index (κ2) is 13.1. The topological polar surface area (TPSA) is 0 Å². The third-order valence-corrected chi connectivity index (χ3v) is 5.23. The van der Waals surface area contributed by atoms with E-state index in [1.54, 1.807) is 0 Å². The fourth-order valence-corrected chi connectivity index (χ4v) is 5.38. The average Bonchev–Trinajstić information content (AvgIpc) is 2.23. The van der Waals surface area contributed by atoms with E-state index >= 15 is 0 Å². The van der Waals surface area contributed by atoms with Crippen LogP contribution in [0.25, 0.3) is 0 Å². The molecule has 0 rings (SSSR count). The Morgan fingerprint density at radius 3 is 2.25 bits per heavy atom. The lowest BCUT2D eigenvalue weighted by Crippen LogP contribution is -2.08. The van der Waals surface area contributed by atoms with E-state index in [1.165, 1.54) is 57.8 Å². The van der Waals surface area contributed by atoms with Crippen molar-refractivity contribution in [3.63, 3.8) is 0 Å². The normalized spacial score (nSPS) is 15.0. The van der Waals surface area contributed by atoms with Gasteiger partial charge in [0.25, 0.3) is 0 Å². The maximum absolute atomic E-state index is 3.75. The smallest absolute Gasteiger partial charge is 0.0163 e. The maximum Gasteiger partial charge on any atom is 0.0163 e. The molecule has 0 saturated heterocycles. The molecule has 98 valence electrons. The zero-order valence-electron chi connectivity index (χ0n) is 10.4. The van der Waals surface area contributed by atoms with Gasteiger partial charge in [0.15, 0.2) is 0 Å². The van der Waals surface area contributed by atoms with Gasteiger partial charge in [0, 0.05) is 14.1 Å². The van der Waals surface area contributed by atoms with Gasteiger partial charge in [0.2, 0.25) is 0 Å². The number of halogens is 3. The van der Waals surface area contributed by atoms with Gasteiger partial charge in [0.05, 0.1) is 0 Å². The monoisotopic (exact) mass is 466 g/mol. The van der Waals surface area contributed by atoms with Crippen molar-refractivity contribution in [3.8, 4) is 0 Å². The molecule has 0 aliphatic heterocycles. The van der Waals surface area contributed by atoms with Gasteiger partial charge in [-0.25, -0.2) is 0 Å². The zero-order valence-corrected chi connectivity index (χ0v) is 15.7. The molecule has 3 heteroatoms. The highest BCUT2D eigenvalue weighted by Gasteiger charge is 2.10. The van der Waals surface area contributed by atoms with Gasteiger partial charge in [-0.2, -0.15) is 0 Å². The minimum Gasteiger partial charge on any atom is -0.0928 e. The van der Waals surface area contributed by atoms with Gasteiger partial charge in [-0.1, -0.05) is 99.9 Å². The fraction of sp³-hybridized carbons (Fsp3) is 1.00. The number of unbranched alkanes of at least 4 members (excludes halogenated alkanes) is 5. The molecule has 0 aliphatic carbocycles. The van der Waals surface area contributed by atoms with Crippen LogP contribution in [0.1, 0.15) is 64.7 Å². The van der Waals surface area contributed by atoms with Crippen molar-refractivity contribution in [2.45, 2.75) is 73.5 Å². The molecule has 0 radical (unpaired) electrons. The molecule has 0 fully saturated rings. The predicted octanol–water partition coefficient (Wildman–Crippen LogP) is 6.48. The number of rotatable bonds is 11. The summed E-state index contributed by atoms with van der Waals surface area (Å²) in [7, 11) is 0. The predicted molar refractivity (Wildman–Crippen MR) is 91.5 cm³/mol. The Balaban J connectivity index is 3.26. The van der Waals surface area contributed by atoms with E-state index in [9.17, 15) is 0 Å². The van der Waals surface area contributed by atoms with E-state index < -0.39 is 0 Å². The standard InChI is InChI=1S/C13H25Br2I/c1-2-3-4-5-6-7-8-13(16)11-12(15)9-10-14/h12-13H,2-11H2,1H3. The molecule has 2 unspecified atom stereocenters. The summed E-state index contributed by atoms with van der Waals surface area (Å²) in [5.74, 6) is 0. The quantitative estimate of drug-likeness (QED) is 0.185. The first-order chi connectivity index (χ1) is 7.70. The van der Waals surface area contributed by atoms with Crippen LogP contribution in [0.2, 0.25) is 0 Å². The third kappa shape index (κ3) is 12.2. The van der Waals surface area contributed by atoms with Crippen LogP contribution in [0, 0.1) is 0 Å². The summed E-state index contributed by atoms with van der Waals surface area (Å²) in [5.41, 5.74) is 0. The van der Waals surface area contributed by atoms with Crippen molar-refractivity contribution >= 4 is 54.5 Å². The zero-order chi connectivity index (χ0) is 12.2. The van der Waals surface area contributed by atoms with Crippen LogP contribution in [0.15, 0.2) is 0 Å². The molecular formula is C13H25Br2I. The molecule has 0 aromatic carbocycles. The Kier molecular flexibility index (Phi) is 14.5. The van der Waals surface area contributed by atoms with Crippen molar-refractivity contribution in [2.24, 2.45) is 0 Å². The van der Waals surface area contributed by atoms with Gasteiger partial charge < -0.3 is 0 Å². The summed E-state index contributed by atoms with van der Waals surface area (Å²) >= 11 is 9.86. The first-order valence-corrected chi connectivity index (χ1v) is 9.83. The number of alkyl halides is 3. The second-order valence-electron chi connectivity index (χ2n) is 4.46. The van der Waals surface area contributed by atoms with Crippen LogP contribution >= 0.6 is 54.5 Å². The fourth-order valence-electron chi connectivity index (χ4n) is 1.78. The minimum atomic E-state index is 0.703. The number of hydrogen-bond donors (Lipinski definition) is 0. The maximum atomic E-state index is 3.75. The van der Waals surface area contributed by atoms with Crippen molar-refractivity contribution in [1.29, 1.82) is 0 Å². The van der Waals surface area contributed by atoms with Crippen LogP contribution in [-0.4, -0.2) is 14.1 Å².